The number of carbonyl (C=O) groups is 1. The second kappa shape index (κ2) is 9.17. The van der Waals surface area contributed by atoms with Gasteiger partial charge in [0, 0.05) is 24.8 Å². The standard InChI is InChI=1S/C17H23N3O2.C2H6/c1-17(2,3)22-16(21)20-9-7-14(8-10-20)19-15-6-4-5-13(11-15)12-18;1-2/h4-6,11,14,19H,7-10H2,1-3H3;1-2H3. The van der Waals surface area contributed by atoms with Crippen molar-refractivity contribution in [2.75, 3.05) is 18.4 Å². The van der Waals surface area contributed by atoms with E-state index in [9.17, 15) is 4.79 Å². The van der Waals surface area contributed by atoms with Gasteiger partial charge in [0.25, 0.3) is 0 Å². The van der Waals surface area contributed by atoms with E-state index in [-0.39, 0.29) is 6.09 Å². The second-order valence-electron chi connectivity index (χ2n) is 6.58. The fraction of sp³-hybridized carbons (Fsp3) is 0.579. The highest BCUT2D eigenvalue weighted by atomic mass is 16.6. The van der Waals surface area contributed by atoms with Crippen molar-refractivity contribution in [2.24, 2.45) is 0 Å². The maximum Gasteiger partial charge on any atom is 0.410 e. The zero-order chi connectivity index (χ0) is 18.2. The Kier molecular flexibility index (Phi) is 7.57. The molecule has 0 bridgehead atoms. The third-order valence-corrected chi connectivity index (χ3v) is 3.51. The molecule has 0 spiro atoms. The SMILES string of the molecule is CC.CC(C)(C)OC(=O)N1CCC(Nc2cccc(C#N)c2)CC1. The van der Waals surface area contributed by atoms with Gasteiger partial charge in [0.1, 0.15) is 5.60 Å². The molecule has 1 aromatic rings. The number of carbonyl (C=O) groups excluding carboxylic acids is 1. The van der Waals surface area contributed by atoms with Gasteiger partial charge in [0.05, 0.1) is 11.6 Å². The van der Waals surface area contributed by atoms with E-state index in [0.29, 0.717) is 24.7 Å². The Labute approximate surface area is 145 Å². The number of benzene rings is 1. The number of hydrogen-bond donors (Lipinski definition) is 1. The molecule has 1 aliphatic heterocycles. The smallest absolute Gasteiger partial charge is 0.410 e. The van der Waals surface area contributed by atoms with Crippen molar-refractivity contribution in [3.8, 4) is 6.07 Å². The molecule has 1 aromatic carbocycles. The number of ether oxygens (including phenoxy) is 1. The summed E-state index contributed by atoms with van der Waals surface area (Å²) in [6.07, 6.45) is 1.50. The summed E-state index contributed by atoms with van der Waals surface area (Å²) in [6.45, 7) is 11.0. The van der Waals surface area contributed by atoms with Gasteiger partial charge in [-0.1, -0.05) is 19.9 Å². The van der Waals surface area contributed by atoms with Crippen LogP contribution < -0.4 is 5.32 Å². The molecule has 1 heterocycles. The number of nitrogens with zero attached hydrogens (tertiary/aromatic N) is 2. The van der Waals surface area contributed by atoms with Gasteiger partial charge in [-0.3, -0.25) is 0 Å². The minimum absolute atomic E-state index is 0.238. The van der Waals surface area contributed by atoms with Gasteiger partial charge in [-0.15, -0.1) is 0 Å². The summed E-state index contributed by atoms with van der Waals surface area (Å²) in [5, 5.41) is 12.4. The molecule has 1 N–H and O–H groups in total. The van der Waals surface area contributed by atoms with Crippen LogP contribution in [0.2, 0.25) is 0 Å². The number of nitrogens with one attached hydrogen (secondary N) is 1. The lowest BCUT2D eigenvalue weighted by Gasteiger charge is -2.34. The van der Waals surface area contributed by atoms with Gasteiger partial charge < -0.3 is 15.0 Å². The molecule has 1 fully saturated rings. The van der Waals surface area contributed by atoms with Gasteiger partial charge in [0.2, 0.25) is 0 Å². The predicted octanol–water partition coefficient (Wildman–Crippen LogP) is 4.40. The van der Waals surface area contributed by atoms with Crippen molar-refractivity contribution in [1.82, 2.24) is 4.90 Å². The van der Waals surface area contributed by atoms with E-state index >= 15 is 0 Å². The van der Waals surface area contributed by atoms with E-state index in [4.69, 9.17) is 10.00 Å². The second-order valence-corrected chi connectivity index (χ2v) is 6.58. The summed E-state index contributed by atoms with van der Waals surface area (Å²) in [5.74, 6) is 0. The molecule has 1 amide bonds. The Morgan fingerprint density at radius 1 is 1.29 bits per heavy atom. The maximum atomic E-state index is 12.0. The van der Waals surface area contributed by atoms with Gasteiger partial charge in [-0.2, -0.15) is 5.26 Å². The minimum atomic E-state index is -0.454. The molecule has 132 valence electrons. The Hall–Kier alpha value is -2.22. The molecular weight excluding hydrogens is 302 g/mol. The number of nitriles is 1. The summed E-state index contributed by atoms with van der Waals surface area (Å²) in [5.41, 5.74) is 1.15. The fourth-order valence-corrected chi connectivity index (χ4v) is 2.45. The highest BCUT2D eigenvalue weighted by Gasteiger charge is 2.26. The number of amides is 1. The first-order chi connectivity index (χ1) is 11.4. The van der Waals surface area contributed by atoms with E-state index in [1.54, 1.807) is 11.0 Å². The van der Waals surface area contributed by atoms with Crippen LogP contribution in [0, 0.1) is 11.3 Å². The number of likely N-dealkylation sites (tertiary alicyclic amines) is 1. The van der Waals surface area contributed by atoms with Crippen LogP contribution in [0.15, 0.2) is 24.3 Å². The van der Waals surface area contributed by atoms with Gasteiger partial charge >= 0.3 is 6.09 Å². The van der Waals surface area contributed by atoms with Crippen molar-refractivity contribution in [1.29, 1.82) is 5.26 Å². The van der Waals surface area contributed by atoms with Crippen LogP contribution in [0.4, 0.5) is 10.5 Å². The molecule has 24 heavy (non-hydrogen) atoms. The highest BCUT2D eigenvalue weighted by molar-refractivity contribution is 5.68. The van der Waals surface area contributed by atoms with E-state index in [0.717, 1.165) is 18.5 Å². The van der Waals surface area contributed by atoms with Crippen molar-refractivity contribution in [2.45, 2.75) is 59.1 Å². The van der Waals surface area contributed by atoms with Crippen molar-refractivity contribution >= 4 is 11.8 Å². The first kappa shape index (κ1) is 19.8. The molecular formula is C19H29N3O2. The van der Waals surface area contributed by atoms with Crippen LogP contribution in [0.3, 0.4) is 0 Å². The predicted molar refractivity (Wildman–Crippen MR) is 97.0 cm³/mol. The van der Waals surface area contributed by atoms with Gasteiger partial charge in [0.15, 0.2) is 0 Å². The van der Waals surface area contributed by atoms with E-state index in [1.807, 2.05) is 52.8 Å². The number of anilines is 1. The molecule has 0 atom stereocenters. The van der Waals surface area contributed by atoms with Gasteiger partial charge in [-0.05, 0) is 51.8 Å². The van der Waals surface area contributed by atoms with E-state index in [2.05, 4.69) is 11.4 Å². The van der Waals surface area contributed by atoms with Crippen LogP contribution in [0.25, 0.3) is 0 Å². The normalized spacial score (nSPS) is 14.9. The lowest BCUT2D eigenvalue weighted by molar-refractivity contribution is 0.0210. The lowest BCUT2D eigenvalue weighted by atomic mass is 10.0. The van der Waals surface area contributed by atoms with Crippen molar-refractivity contribution in [3.63, 3.8) is 0 Å². The van der Waals surface area contributed by atoms with Crippen molar-refractivity contribution < 1.29 is 9.53 Å². The molecule has 0 aliphatic carbocycles. The summed E-state index contributed by atoms with van der Waals surface area (Å²) in [4.78, 5) is 13.8. The first-order valence-corrected chi connectivity index (χ1v) is 8.62. The molecule has 1 saturated heterocycles. The highest BCUT2D eigenvalue weighted by Crippen LogP contribution is 2.19. The van der Waals surface area contributed by atoms with Crippen LogP contribution in [-0.4, -0.2) is 35.7 Å². The largest absolute Gasteiger partial charge is 0.444 e. The fourth-order valence-electron chi connectivity index (χ4n) is 2.45. The Morgan fingerprint density at radius 2 is 1.92 bits per heavy atom. The first-order valence-electron chi connectivity index (χ1n) is 8.62. The molecule has 0 radical (unpaired) electrons. The third-order valence-electron chi connectivity index (χ3n) is 3.51. The monoisotopic (exact) mass is 331 g/mol. The molecule has 0 aromatic heterocycles. The average Bonchev–Trinajstić information content (AvgIpc) is 2.56. The Bertz CT molecular complexity index is 565. The zero-order valence-corrected chi connectivity index (χ0v) is 15.4. The van der Waals surface area contributed by atoms with Crippen LogP contribution in [0.5, 0.6) is 0 Å². The lowest BCUT2D eigenvalue weighted by Crippen LogP contribution is -2.44. The molecule has 0 saturated carbocycles. The number of piperidine rings is 1. The quantitative estimate of drug-likeness (QED) is 0.872. The van der Waals surface area contributed by atoms with Crippen molar-refractivity contribution in [3.05, 3.63) is 29.8 Å². The average molecular weight is 331 g/mol. The van der Waals surface area contributed by atoms with Crippen LogP contribution >= 0.6 is 0 Å². The summed E-state index contributed by atoms with van der Waals surface area (Å²) in [7, 11) is 0. The van der Waals surface area contributed by atoms with Gasteiger partial charge in [-0.25, -0.2) is 4.79 Å². The summed E-state index contributed by atoms with van der Waals surface area (Å²) >= 11 is 0. The molecule has 5 nitrogen and oxygen atoms in total. The molecule has 0 unspecified atom stereocenters. The summed E-state index contributed by atoms with van der Waals surface area (Å²) in [6, 6.07) is 9.92. The van der Waals surface area contributed by atoms with E-state index < -0.39 is 5.60 Å². The zero-order valence-electron chi connectivity index (χ0n) is 15.4. The molecule has 1 aliphatic rings. The minimum Gasteiger partial charge on any atom is -0.444 e. The van der Waals surface area contributed by atoms with Crippen LogP contribution in [0.1, 0.15) is 53.0 Å². The van der Waals surface area contributed by atoms with E-state index in [1.165, 1.54) is 0 Å². The topological polar surface area (TPSA) is 65.4 Å². The molecule has 2 rings (SSSR count). The maximum absolute atomic E-state index is 12.0. The summed E-state index contributed by atoms with van der Waals surface area (Å²) < 4.78 is 5.39. The third kappa shape index (κ3) is 6.49. The Balaban J connectivity index is 0.00000139. The number of rotatable bonds is 2. The van der Waals surface area contributed by atoms with Crippen LogP contribution in [-0.2, 0) is 4.74 Å². The molecule has 5 heteroatoms. The number of hydrogen-bond acceptors (Lipinski definition) is 4. The Morgan fingerprint density at radius 3 is 2.46 bits per heavy atom.